The van der Waals surface area contributed by atoms with Gasteiger partial charge in [0, 0.05) is 17.0 Å². The molecule has 0 aliphatic rings. The number of aromatic nitrogens is 2. The lowest BCUT2D eigenvalue weighted by atomic mass is 10.0. The van der Waals surface area contributed by atoms with Crippen LogP contribution in [-0.2, 0) is 11.2 Å². The second-order valence-corrected chi connectivity index (χ2v) is 9.15. The number of methoxy groups -OCH3 is 2. The summed E-state index contributed by atoms with van der Waals surface area (Å²) in [5.74, 6) is 1.06. The summed E-state index contributed by atoms with van der Waals surface area (Å²) in [6.07, 6.45) is 2.08. The highest BCUT2D eigenvalue weighted by Gasteiger charge is 2.21. The molecule has 8 heteroatoms. The highest BCUT2D eigenvalue weighted by molar-refractivity contribution is 7.19. The zero-order valence-corrected chi connectivity index (χ0v) is 20.4. The Balaban J connectivity index is 1.52. The summed E-state index contributed by atoms with van der Waals surface area (Å²) in [5, 5.41) is 3.48. The van der Waals surface area contributed by atoms with Gasteiger partial charge in [0.1, 0.15) is 10.9 Å². The zero-order chi connectivity index (χ0) is 24.2. The van der Waals surface area contributed by atoms with Crippen LogP contribution in [0.4, 0.5) is 0 Å². The maximum Gasteiger partial charge on any atom is 0.263 e. The van der Waals surface area contributed by atoms with Crippen molar-refractivity contribution in [3.05, 3.63) is 75.7 Å². The second-order valence-electron chi connectivity index (χ2n) is 7.94. The second kappa shape index (κ2) is 10.1. The number of hydrogen-bond donors (Lipinski definition) is 1. The van der Waals surface area contributed by atoms with Gasteiger partial charge in [0.15, 0.2) is 11.5 Å². The molecule has 0 fully saturated rings. The van der Waals surface area contributed by atoms with Gasteiger partial charge in [-0.25, -0.2) is 4.98 Å². The van der Waals surface area contributed by atoms with Crippen molar-refractivity contribution in [1.29, 1.82) is 0 Å². The molecule has 0 aliphatic carbocycles. The van der Waals surface area contributed by atoms with E-state index in [0.717, 1.165) is 21.6 Å². The van der Waals surface area contributed by atoms with E-state index in [1.54, 1.807) is 21.1 Å². The number of aryl methyl sites for hydroxylation is 1. The maximum atomic E-state index is 13.4. The molecule has 0 radical (unpaired) electrons. The number of hydrogen-bond acceptors (Lipinski definition) is 6. The summed E-state index contributed by atoms with van der Waals surface area (Å²) in [7, 11) is 3.18. The normalized spacial score (nSPS) is 11.9. The molecule has 7 nitrogen and oxygen atoms in total. The van der Waals surface area contributed by atoms with Gasteiger partial charge in [-0.3, -0.25) is 14.2 Å². The van der Waals surface area contributed by atoms with Gasteiger partial charge >= 0.3 is 0 Å². The molecule has 2 aromatic heterocycles. The van der Waals surface area contributed by atoms with Crippen LogP contribution in [0.25, 0.3) is 21.3 Å². The fourth-order valence-electron chi connectivity index (χ4n) is 3.98. The van der Waals surface area contributed by atoms with Crippen molar-refractivity contribution in [3.63, 3.8) is 0 Å². The first-order valence-electron chi connectivity index (χ1n) is 11.0. The van der Waals surface area contributed by atoms with Crippen LogP contribution in [0.5, 0.6) is 11.5 Å². The Hall–Kier alpha value is -3.65. The standard InChI is InChI=1S/C26H27N3O4S/c1-16(24(30)27-13-12-18-10-11-20(32-3)21(14-18)33-4)29-15-28-25-23(26(29)31)22(17(2)34-25)19-8-6-5-7-9-19/h5-11,14-16H,12-13H2,1-4H3,(H,27,30). The Morgan fingerprint density at radius 1 is 1.12 bits per heavy atom. The van der Waals surface area contributed by atoms with Crippen molar-refractivity contribution in [2.24, 2.45) is 0 Å². The fraction of sp³-hybridized carbons (Fsp3) is 0.269. The van der Waals surface area contributed by atoms with E-state index in [9.17, 15) is 9.59 Å². The van der Waals surface area contributed by atoms with Gasteiger partial charge in [-0.1, -0.05) is 36.4 Å². The third-order valence-corrected chi connectivity index (χ3v) is 6.85. The summed E-state index contributed by atoms with van der Waals surface area (Å²) >= 11 is 1.49. The van der Waals surface area contributed by atoms with Crippen LogP contribution in [0.3, 0.4) is 0 Å². The Bertz CT molecular complexity index is 1380. The van der Waals surface area contributed by atoms with Crippen molar-refractivity contribution in [2.45, 2.75) is 26.3 Å². The van der Waals surface area contributed by atoms with Crippen LogP contribution in [0.15, 0.2) is 59.7 Å². The van der Waals surface area contributed by atoms with Crippen LogP contribution >= 0.6 is 11.3 Å². The minimum atomic E-state index is -0.696. The van der Waals surface area contributed by atoms with Gasteiger partial charge in [-0.05, 0) is 43.5 Å². The number of rotatable bonds is 8. The number of amides is 1. The first-order valence-corrected chi connectivity index (χ1v) is 11.8. The number of thiophene rings is 1. The minimum absolute atomic E-state index is 0.212. The van der Waals surface area contributed by atoms with E-state index in [1.165, 1.54) is 22.2 Å². The first kappa shape index (κ1) is 23.5. The summed E-state index contributed by atoms with van der Waals surface area (Å²) in [5.41, 5.74) is 2.64. The topological polar surface area (TPSA) is 82.5 Å². The Kier molecular flexibility index (Phi) is 6.98. The predicted octanol–water partition coefficient (Wildman–Crippen LogP) is 4.37. The van der Waals surface area contributed by atoms with Crippen LogP contribution in [0.2, 0.25) is 0 Å². The molecular weight excluding hydrogens is 450 g/mol. The molecule has 0 bridgehead atoms. The van der Waals surface area contributed by atoms with Crippen molar-refractivity contribution in [3.8, 4) is 22.6 Å². The lowest BCUT2D eigenvalue weighted by Crippen LogP contribution is -2.36. The lowest BCUT2D eigenvalue weighted by molar-refractivity contribution is -0.123. The molecule has 34 heavy (non-hydrogen) atoms. The molecule has 0 aliphatic heterocycles. The van der Waals surface area contributed by atoms with Gasteiger partial charge in [0.25, 0.3) is 5.56 Å². The van der Waals surface area contributed by atoms with E-state index in [4.69, 9.17) is 9.47 Å². The van der Waals surface area contributed by atoms with Crippen LogP contribution in [0.1, 0.15) is 23.4 Å². The molecule has 4 aromatic rings. The molecule has 1 atom stereocenters. The summed E-state index contributed by atoms with van der Waals surface area (Å²) in [6, 6.07) is 14.8. The molecule has 2 heterocycles. The molecule has 1 amide bonds. The number of fused-ring (bicyclic) bond motifs is 1. The third kappa shape index (κ3) is 4.54. The molecule has 0 spiro atoms. The molecule has 1 N–H and O–H groups in total. The van der Waals surface area contributed by atoms with E-state index in [-0.39, 0.29) is 11.5 Å². The molecular formula is C26H27N3O4S. The third-order valence-electron chi connectivity index (χ3n) is 5.83. The maximum absolute atomic E-state index is 13.4. The van der Waals surface area contributed by atoms with E-state index < -0.39 is 6.04 Å². The summed E-state index contributed by atoms with van der Waals surface area (Å²) < 4.78 is 12.0. The molecule has 0 saturated carbocycles. The Morgan fingerprint density at radius 3 is 2.56 bits per heavy atom. The largest absolute Gasteiger partial charge is 0.493 e. The van der Waals surface area contributed by atoms with Crippen LogP contribution < -0.4 is 20.3 Å². The van der Waals surface area contributed by atoms with Crippen LogP contribution in [-0.4, -0.2) is 36.2 Å². The van der Waals surface area contributed by atoms with Crippen molar-refractivity contribution in [1.82, 2.24) is 14.9 Å². The minimum Gasteiger partial charge on any atom is -0.493 e. The Labute approximate surface area is 202 Å². The average Bonchev–Trinajstić information content (AvgIpc) is 3.20. The summed E-state index contributed by atoms with van der Waals surface area (Å²) in [4.78, 5) is 32.5. The quantitative estimate of drug-likeness (QED) is 0.408. The Morgan fingerprint density at radius 2 is 1.85 bits per heavy atom. The summed E-state index contributed by atoms with van der Waals surface area (Å²) in [6.45, 7) is 4.13. The average molecular weight is 478 g/mol. The monoisotopic (exact) mass is 477 g/mol. The number of carbonyl (C=O) groups excluding carboxylic acids is 1. The SMILES string of the molecule is COc1ccc(CCNC(=O)C(C)n2cnc3sc(C)c(-c4ccccc4)c3c2=O)cc1OC. The number of nitrogens with zero attached hydrogens (tertiary/aromatic N) is 2. The van der Waals surface area contributed by atoms with Gasteiger partial charge in [0.05, 0.1) is 25.9 Å². The first-order chi connectivity index (χ1) is 16.4. The molecule has 2 aromatic carbocycles. The van der Waals surface area contributed by atoms with E-state index in [2.05, 4.69) is 10.3 Å². The number of ether oxygens (including phenoxy) is 2. The number of benzene rings is 2. The fourth-order valence-corrected chi connectivity index (χ4v) is 4.99. The van der Waals surface area contributed by atoms with Gasteiger partial charge in [-0.15, -0.1) is 11.3 Å². The molecule has 0 saturated heterocycles. The van der Waals surface area contributed by atoms with E-state index in [1.807, 2.05) is 55.5 Å². The zero-order valence-electron chi connectivity index (χ0n) is 19.6. The van der Waals surface area contributed by atoms with Gasteiger partial charge < -0.3 is 14.8 Å². The van der Waals surface area contributed by atoms with E-state index in [0.29, 0.717) is 34.7 Å². The van der Waals surface area contributed by atoms with Crippen molar-refractivity contribution < 1.29 is 14.3 Å². The smallest absolute Gasteiger partial charge is 0.263 e. The molecule has 176 valence electrons. The van der Waals surface area contributed by atoms with Crippen molar-refractivity contribution >= 4 is 27.5 Å². The van der Waals surface area contributed by atoms with Crippen molar-refractivity contribution in [2.75, 3.05) is 20.8 Å². The molecule has 1 unspecified atom stereocenters. The highest BCUT2D eigenvalue weighted by Crippen LogP contribution is 2.35. The van der Waals surface area contributed by atoms with E-state index >= 15 is 0 Å². The van der Waals surface area contributed by atoms with Gasteiger partial charge in [0.2, 0.25) is 5.91 Å². The van der Waals surface area contributed by atoms with Crippen LogP contribution in [0, 0.1) is 6.92 Å². The van der Waals surface area contributed by atoms with Gasteiger partial charge in [-0.2, -0.15) is 0 Å². The number of carbonyl (C=O) groups is 1. The predicted molar refractivity (Wildman–Crippen MR) is 135 cm³/mol. The number of nitrogens with one attached hydrogen (secondary N) is 1. The lowest BCUT2D eigenvalue weighted by Gasteiger charge is -2.15. The highest BCUT2D eigenvalue weighted by atomic mass is 32.1. The molecule has 4 rings (SSSR count).